The van der Waals surface area contributed by atoms with E-state index >= 15 is 0 Å². The summed E-state index contributed by atoms with van der Waals surface area (Å²) in [6.45, 7) is 1.81. The summed E-state index contributed by atoms with van der Waals surface area (Å²) in [6, 6.07) is 11.2. The van der Waals surface area contributed by atoms with E-state index in [4.69, 9.17) is 10.2 Å². The number of fused-ring (bicyclic) bond motifs is 1. The molecule has 2 unspecified atom stereocenters. The summed E-state index contributed by atoms with van der Waals surface area (Å²) in [5, 5.41) is 2.96. The normalized spacial score (nSPS) is 21.2. The van der Waals surface area contributed by atoms with Crippen LogP contribution in [-0.4, -0.2) is 11.9 Å². The Balaban J connectivity index is 1.82. The molecule has 0 saturated heterocycles. The second-order valence-corrected chi connectivity index (χ2v) is 4.93. The van der Waals surface area contributed by atoms with Crippen molar-refractivity contribution in [2.24, 2.45) is 5.73 Å². The predicted molar refractivity (Wildman–Crippen MR) is 71.8 cm³/mol. The summed E-state index contributed by atoms with van der Waals surface area (Å²) in [5.74, 6) is 0.834. The number of carbonyl (C=O) groups excluding carboxylic acids is 1. The van der Waals surface area contributed by atoms with E-state index in [9.17, 15) is 4.79 Å². The van der Waals surface area contributed by atoms with Gasteiger partial charge in [0.15, 0.2) is 5.76 Å². The molecule has 0 aliphatic heterocycles. The van der Waals surface area contributed by atoms with E-state index < -0.39 is 0 Å². The van der Waals surface area contributed by atoms with Crippen LogP contribution >= 0.6 is 0 Å². The van der Waals surface area contributed by atoms with Gasteiger partial charge in [-0.2, -0.15) is 0 Å². The van der Waals surface area contributed by atoms with E-state index in [0.717, 1.165) is 17.7 Å². The second-order valence-electron chi connectivity index (χ2n) is 4.93. The molecule has 0 radical (unpaired) electrons. The lowest BCUT2D eigenvalue weighted by Crippen LogP contribution is -2.38. The molecular formula is C15H16N2O2. The lowest BCUT2D eigenvalue weighted by atomic mass is 10.1. The number of hydrogen-bond acceptors (Lipinski definition) is 3. The number of rotatable bonds is 2. The topological polar surface area (TPSA) is 68.3 Å². The maximum atomic E-state index is 12.1. The Morgan fingerprint density at radius 3 is 2.84 bits per heavy atom. The second kappa shape index (κ2) is 4.55. The molecule has 0 bridgehead atoms. The van der Waals surface area contributed by atoms with Gasteiger partial charge in [-0.25, -0.2) is 0 Å². The highest BCUT2D eigenvalue weighted by molar-refractivity contribution is 5.91. The van der Waals surface area contributed by atoms with E-state index in [1.165, 1.54) is 5.56 Å². The highest BCUT2D eigenvalue weighted by atomic mass is 16.3. The van der Waals surface area contributed by atoms with E-state index in [-0.39, 0.29) is 18.0 Å². The van der Waals surface area contributed by atoms with Gasteiger partial charge < -0.3 is 15.5 Å². The predicted octanol–water partition coefficient (Wildman–Crippen LogP) is 1.94. The van der Waals surface area contributed by atoms with Gasteiger partial charge in [-0.1, -0.05) is 24.3 Å². The lowest BCUT2D eigenvalue weighted by molar-refractivity contribution is 0.0903. The Morgan fingerprint density at radius 1 is 1.32 bits per heavy atom. The van der Waals surface area contributed by atoms with Crippen molar-refractivity contribution >= 4 is 5.91 Å². The van der Waals surface area contributed by atoms with Crippen molar-refractivity contribution in [1.29, 1.82) is 0 Å². The Hall–Kier alpha value is -2.07. The molecule has 1 amide bonds. The van der Waals surface area contributed by atoms with Crippen molar-refractivity contribution < 1.29 is 9.21 Å². The molecule has 4 nitrogen and oxygen atoms in total. The van der Waals surface area contributed by atoms with Crippen LogP contribution in [0, 0.1) is 6.92 Å². The number of hydrogen-bond donors (Lipinski definition) is 2. The molecule has 1 heterocycles. The quantitative estimate of drug-likeness (QED) is 0.862. The van der Waals surface area contributed by atoms with Crippen LogP contribution in [0.4, 0.5) is 0 Å². The van der Waals surface area contributed by atoms with Crippen LogP contribution in [0.5, 0.6) is 0 Å². The summed E-state index contributed by atoms with van der Waals surface area (Å²) in [7, 11) is 0. The number of amides is 1. The molecule has 1 aliphatic rings. The summed E-state index contributed by atoms with van der Waals surface area (Å²) < 4.78 is 5.33. The first-order valence-corrected chi connectivity index (χ1v) is 6.36. The highest BCUT2D eigenvalue weighted by Crippen LogP contribution is 2.30. The Kier molecular flexibility index (Phi) is 2.87. The van der Waals surface area contributed by atoms with Gasteiger partial charge in [0.1, 0.15) is 5.76 Å². The van der Waals surface area contributed by atoms with Crippen molar-refractivity contribution in [2.75, 3.05) is 0 Å². The maximum absolute atomic E-state index is 12.1. The van der Waals surface area contributed by atoms with Gasteiger partial charge in [-0.3, -0.25) is 4.79 Å². The standard InChI is InChI=1S/C15H16N2O2/c1-9-6-7-13(19-9)15(18)17-14-11-5-3-2-4-10(11)8-12(14)16/h2-7,12,14H,8,16H2,1H3,(H,17,18). The fraction of sp³-hybridized carbons (Fsp3) is 0.267. The molecule has 2 atom stereocenters. The van der Waals surface area contributed by atoms with E-state index in [1.807, 2.05) is 25.1 Å². The molecule has 1 aromatic carbocycles. The summed E-state index contributed by atoms with van der Waals surface area (Å²) >= 11 is 0. The molecule has 0 fully saturated rings. The molecule has 19 heavy (non-hydrogen) atoms. The molecule has 3 rings (SSSR count). The number of benzene rings is 1. The van der Waals surface area contributed by atoms with Crippen molar-refractivity contribution in [1.82, 2.24) is 5.32 Å². The molecule has 2 aromatic rings. The number of aryl methyl sites for hydroxylation is 1. The van der Waals surface area contributed by atoms with Crippen LogP contribution < -0.4 is 11.1 Å². The number of carbonyl (C=O) groups is 1. The summed E-state index contributed by atoms with van der Waals surface area (Å²) in [4.78, 5) is 12.1. The monoisotopic (exact) mass is 256 g/mol. The van der Waals surface area contributed by atoms with Gasteiger partial charge in [0.05, 0.1) is 6.04 Å². The maximum Gasteiger partial charge on any atom is 0.287 e. The fourth-order valence-corrected chi connectivity index (χ4v) is 2.58. The Morgan fingerprint density at radius 2 is 2.11 bits per heavy atom. The van der Waals surface area contributed by atoms with Crippen LogP contribution in [0.15, 0.2) is 40.8 Å². The van der Waals surface area contributed by atoms with Gasteiger partial charge in [0.2, 0.25) is 0 Å². The number of furan rings is 1. The van der Waals surface area contributed by atoms with Crippen molar-refractivity contribution in [3.63, 3.8) is 0 Å². The summed E-state index contributed by atoms with van der Waals surface area (Å²) in [5.41, 5.74) is 8.42. The first-order valence-electron chi connectivity index (χ1n) is 6.36. The van der Waals surface area contributed by atoms with Gasteiger partial charge in [0, 0.05) is 6.04 Å². The molecule has 1 aliphatic carbocycles. The average Bonchev–Trinajstić information content (AvgIpc) is 2.95. The van der Waals surface area contributed by atoms with Crippen LogP contribution in [0.3, 0.4) is 0 Å². The van der Waals surface area contributed by atoms with Crippen molar-refractivity contribution in [3.8, 4) is 0 Å². The summed E-state index contributed by atoms with van der Waals surface area (Å²) in [6.07, 6.45) is 0.790. The largest absolute Gasteiger partial charge is 0.456 e. The molecule has 98 valence electrons. The van der Waals surface area contributed by atoms with Crippen molar-refractivity contribution in [3.05, 3.63) is 59.0 Å². The highest BCUT2D eigenvalue weighted by Gasteiger charge is 2.31. The Labute approximate surface area is 111 Å². The third kappa shape index (κ3) is 2.15. The lowest BCUT2D eigenvalue weighted by Gasteiger charge is -2.17. The van der Waals surface area contributed by atoms with Crippen LogP contribution in [-0.2, 0) is 6.42 Å². The first-order chi connectivity index (χ1) is 9.15. The zero-order chi connectivity index (χ0) is 13.4. The SMILES string of the molecule is Cc1ccc(C(=O)NC2c3ccccc3CC2N)o1. The molecular weight excluding hydrogens is 240 g/mol. The van der Waals surface area contributed by atoms with Gasteiger partial charge >= 0.3 is 0 Å². The van der Waals surface area contributed by atoms with Crippen LogP contribution in [0.25, 0.3) is 0 Å². The minimum Gasteiger partial charge on any atom is -0.456 e. The van der Waals surface area contributed by atoms with Crippen LogP contribution in [0.2, 0.25) is 0 Å². The number of nitrogens with one attached hydrogen (secondary N) is 1. The average molecular weight is 256 g/mol. The molecule has 3 N–H and O–H groups in total. The van der Waals surface area contributed by atoms with Gasteiger partial charge in [-0.15, -0.1) is 0 Å². The van der Waals surface area contributed by atoms with E-state index in [1.54, 1.807) is 12.1 Å². The van der Waals surface area contributed by atoms with Crippen LogP contribution in [0.1, 0.15) is 33.5 Å². The fourth-order valence-electron chi connectivity index (χ4n) is 2.58. The van der Waals surface area contributed by atoms with Crippen molar-refractivity contribution in [2.45, 2.75) is 25.4 Å². The smallest absolute Gasteiger partial charge is 0.287 e. The number of nitrogens with two attached hydrogens (primary N) is 1. The first kappa shape index (κ1) is 12.0. The van der Waals surface area contributed by atoms with E-state index in [2.05, 4.69) is 11.4 Å². The molecule has 1 aromatic heterocycles. The Bertz CT molecular complexity index is 618. The van der Waals surface area contributed by atoms with Gasteiger partial charge in [-0.05, 0) is 36.6 Å². The third-order valence-corrected chi connectivity index (χ3v) is 3.52. The zero-order valence-electron chi connectivity index (χ0n) is 10.7. The van der Waals surface area contributed by atoms with E-state index in [0.29, 0.717) is 5.76 Å². The zero-order valence-corrected chi connectivity index (χ0v) is 10.7. The minimum atomic E-state index is -0.217. The van der Waals surface area contributed by atoms with Gasteiger partial charge in [0.25, 0.3) is 5.91 Å². The molecule has 0 spiro atoms. The molecule has 4 heteroatoms. The molecule has 0 saturated carbocycles. The third-order valence-electron chi connectivity index (χ3n) is 3.52. The minimum absolute atomic E-state index is 0.0857.